The summed E-state index contributed by atoms with van der Waals surface area (Å²) in [6.07, 6.45) is 0. The summed E-state index contributed by atoms with van der Waals surface area (Å²) in [5.41, 5.74) is 8.74. The molecule has 3 nitrogen and oxygen atoms in total. The van der Waals surface area contributed by atoms with Crippen molar-refractivity contribution in [2.45, 2.75) is 13.8 Å². The summed E-state index contributed by atoms with van der Waals surface area (Å²) in [7, 11) is 0. The van der Waals surface area contributed by atoms with Gasteiger partial charge in [0.1, 0.15) is 11.5 Å². The molecule has 2 heterocycles. The highest BCUT2D eigenvalue weighted by molar-refractivity contribution is 7.13. The van der Waals surface area contributed by atoms with Crippen LogP contribution in [-0.2, 0) is 0 Å². The highest BCUT2D eigenvalue weighted by Crippen LogP contribution is 2.27. The van der Waals surface area contributed by atoms with Crippen LogP contribution in [0.2, 0.25) is 0 Å². The minimum absolute atomic E-state index is 0.516. The van der Waals surface area contributed by atoms with Gasteiger partial charge in [-0.1, -0.05) is 6.07 Å². The summed E-state index contributed by atoms with van der Waals surface area (Å²) in [5.74, 6) is 0.516. The Bertz CT molecular complexity index is 449. The maximum atomic E-state index is 5.67. The molecular formula is C10H11N3S. The smallest absolute Gasteiger partial charge is 0.149 e. The molecule has 0 spiro atoms. The van der Waals surface area contributed by atoms with E-state index >= 15 is 0 Å². The molecule has 0 radical (unpaired) electrons. The Morgan fingerprint density at radius 3 is 2.64 bits per heavy atom. The third-order valence-corrected chi connectivity index (χ3v) is 3.19. The van der Waals surface area contributed by atoms with Crippen LogP contribution in [0.4, 0.5) is 5.82 Å². The van der Waals surface area contributed by atoms with Gasteiger partial charge in [-0.25, -0.2) is 0 Å². The summed E-state index contributed by atoms with van der Waals surface area (Å²) in [6, 6.07) is 4.05. The summed E-state index contributed by atoms with van der Waals surface area (Å²) in [4.78, 5) is 1.14. The molecule has 0 fully saturated rings. The summed E-state index contributed by atoms with van der Waals surface area (Å²) in [5, 5.41) is 10.1. The van der Waals surface area contributed by atoms with Gasteiger partial charge in [0.15, 0.2) is 0 Å². The largest absolute Gasteiger partial charge is 0.382 e. The van der Waals surface area contributed by atoms with E-state index in [1.54, 1.807) is 11.3 Å². The highest BCUT2D eigenvalue weighted by Gasteiger charge is 2.09. The fourth-order valence-electron chi connectivity index (χ4n) is 1.27. The lowest BCUT2D eigenvalue weighted by Crippen LogP contribution is -2.01. The van der Waals surface area contributed by atoms with E-state index in [9.17, 15) is 0 Å². The minimum atomic E-state index is 0.516. The minimum Gasteiger partial charge on any atom is -0.382 e. The zero-order valence-corrected chi connectivity index (χ0v) is 8.93. The molecule has 0 saturated carbocycles. The molecule has 4 heteroatoms. The Hall–Kier alpha value is -1.42. The Kier molecular flexibility index (Phi) is 2.21. The number of nitrogen functional groups attached to an aromatic ring is 1. The number of anilines is 1. The fraction of sp³-hybridized carbons (Fsp3) is 0.200. The lowest BCUT2D eigenvalue weighted by atomic mass is 10.1. The average Bonchev–Trinajstić information content (AvgIpc) is 2.67. The van der Waals surface area contributed by atoms with Crippen LogP contribution in [0.25, 0.3) is 10.6 Å². The van der Waals surface area contributed by atoms with E-state index in [1.165, 1.54) is 0 Å². The van der Waals surface area contributed by atoms with Gasteiger partial charge < -0.3 is 5.73 Å². The molecular weight excluding hydrogens is 194 g/mol. The maximum Gasteiger partial charge on any atom is 0.149 e. The second kappa shape index (κ2) is 3.38. The standard InChI is InChI=1S/C10H11N3S/c1-6-7(2)10(11)13-12-9(6)8-4-3-5-14-8/h3-5H,1-2H3,(H2,11,13). The van der Waals surface area contributed by atoms with Crippen LogP contribution in [0.5, 0.6) is 0 Å². The zero-order chi connectivity index (χ0) is 10.1. The van der Waals surface area contributed by atoms with Gasteiger partial charge in [0.2, 0.25) is 0 Å². The second-order valence-corrected chi connectivity index (χ2v) is 4.11. The Morgan fingerprint density at radius 1 is 1.21 bits per heavy atom. The lowest BCUT2D eigenvalue weighted by Gasteiger charge is -2.06. The molecule has 14 heavy (non-hydrogen) atoms. The van der Waals surface area contributed by atoms with E-state index < -0.39 is 0 Å². The first-order chi connectivity index (χ1) is 6.70. The van der Waals surface area contributed by atoms with Gasteiger partial charge >= 0.3 is 0 Å². The molecule has 0 aromatic carbocycles. The Morgan fingerprint density at radius 2 is 2.00 bits per heavy atom. The van der Waals surface area contributed by atoms with Gasteiger partial charge in [0.05, 0.1) is 4.88 Å². The molecule has 0 atom stereocenters. The number of nitrogens with zero attached hydrogens (tertiary/aromatic N) is 2. The molecule has 0 unspecified atom stereocenters. The molecule has 0 aliphatic rings. The van der Waals surface area contributed by atoms with Crippen molar-refractivity contribution in [3.05, 3.63) is 28.6 Å². The lowest BCUT2D eigenvalue weighted by molar-refractivity contribution is 1.02. The molecule has 0 aliphatic heterocycles. The van der Waals surface area contributed by atoms with Crippen molar-refractivity contribution in [1.82, 2.24) is 10.2 Å². The molecule has 0 saturated heterocycles. The van der Waals surface area contributed by atoms with Crippen LogP contribution in [-0.4, -0.2) is 10.2 Å². The fourth-order valence-corrected chi connectivity index (χ4v) is 2.04. The van der Waals surface area contributed by atoms with Crippen molar-refractivity contribution in [2.75, 3.05) is 5.73 Å². The molecule has 2 aromatic heterocycles. The Balaban J connectivity index is 2.61. The van der Waals surface area contributed by atoms with Gasteiger partial charge in [0.25, 0.3) is 0 Å². The van der Waals surface area contributed by atoms with E-state index in [0.29, 0.717) is 5.82 Å². The predicted molar refractivity (Wildman–Crippen MR) is 59.2 cm³/mol. The highest BCUT2D eigenvalue weighted by atomic mass is 32.1. The maximum absolute atomic E-state index is 5.67. The van der Waals surface area contributed by atoms with Crippen LogP contribution < -0.4 is 5.73 Å². The van der Waals surface area contributed by atoms with E-state index in [2.05, 4.69) is 10.2 Å². The van der Waals surface area contributed by atoms with Crippen molar-refractivity contribution in [3.8, 4) is 10.6 Å². The van der Waals surface area contributed by atoms with Gasteiger partial charge in [0, 0.05) is 0 Å². The topological polar surface area (TPSA) is 51.8 Å². The van der Waals surface area contributed by atoms with Gasteiger partial charge in [-0.05, 0) is 36.4 Å². The summed E-state index contributed by atoms with van der Waals surface area (Å²) in [6.45, 7) is 3.99. The van der Waals surface area contributed by atoms with E-state index in [-0.39, 0.29) is 0 Å². The number of nitrogens with two attached hydrogens (primary N) is 1. The van der Waals surface area contributed by atoms with Crippen molar-refractivity contribution in [2.24, 2.45) is 0 Å². The molecule has 2 rings (SSSR count). The third-order valence-electron chi connectivity index (χ3n) is 2.31. The molecule has 72 valence electrons. The van der Waals surface area contributed by atoms with Crippen molar-refractivity contribution < 1.29 is 0 Å². The number of rotatable bonds is 1. The van der Waals surface area contributed by atoms with E-state index in [1.807, 2.05) is 31.4 Å². The molecule has 2 aromatic rings. The number of hydrogen-bond donors (Lipinski definition) is 1. The first-order valence-electron chi connectivity index (χ1n) is 4.33. The van der Waals surface area contributed by atoms with Crippen molar-refractivity contribution in [1.29, 1.82) is 0 Å². The van der Waals surface area contributed by atoms with Crippen LogP contribution in [0.1, 0.15) is 11.1 Å². The number of hydrogen-bond acceptors (Lipinski definition) is 4. The first-order valence-corrected chi connectivity index (χ1v) is 5.21. The van der Waals surface area contributed by atoms with Crippen LogP contribution in [0.3, 0.4) is 0 Å². The van der Waals surface area contributed by atoms with Crippen LogP contribution in [0.15, 0.2) is 17.5 Å². The van der Waals surface area contributed by atoms with Crippen LogP contribution in [0, 0.1) is 13.8 Å². The number of thiophene rings is 1. The van der Waals surface area contributed by atoms with Gasteiger partial charge in [-0.2, -0.15) is 0 Å². The van der Waals surface area contributed by atoms with Gasteiger partial charge in [-0.15, -0.1) is 21.5 Å². The zero-order valence-electron chi connectivity index (χ0n) is 8.11. The monoisotopic (exact) mass is 205 g/mol. The van der Waals surface area contributed by atoms with Crippen molar-refractivity contribution in [3.63, 3.8) is 0 Å². The summed E-state index contributed by atoms with van der Waals surface area (Å²) < 4.78 is 0. The second-order valence-electron chi connectivity index (χ2n) is 3.16. The van der Waals surface area contributed by atoms with Gasteiger partial charge in [-0.3, -0.25) is 0 Å². The SMILES string of the molecule is Cc1c(N)nnc(-c2cccs2)c1C. The molecule has 0 bridgehead atoms. The molecule has 2 N–H and O–H groups in total. The number of aromatic nitrogens is 2. The quantitative estimate of drug-likeness (QED) is 0.777. The van der Waals surface area contributed by atoms with E-state index in [0.717, 1.165) is 21.7 Å². The first kappa shape index (κ1) is 9.15. The van der Waals surface area contributed by atoms with E-state index in [4.69, 9.17) is 5.73 Å². The van der Waals surface area contributed by atoms with Crippen molar-refractivity contribution >= 4 is 17.2 Å². The molecule has 0 aliphatic carbocycles. The Labute approximate surface area is 86.6 Å². The normalized spacial score (nSPS) is 10.4. The predicted octanol–water partition coefficient (Wildman–Crippen LogP) is 2.40. The summed E-state index contributed by atoms with van der Waals surface area (Å²) >= 11 is 1.66. The molecule has 0 amide bonds. The third kappa shape index (κ3) is 1.37. The average molecular weight is 205 g/mol. The van der Waals surface area contributed by atoms with Crippen LogP contribution >= 0.6 is 11.3 Å².